The smallest absolute Gasteiger partial charge is 0.128 e. The quantitative estimate of drug-likeness (QED) is 0.782. The molecule has 2 aromatic carbocycles. The summed E-state index contributed by atoms with van der Waals surface area (Å²) in [5.41, 5.74) is 2.91. The number of rotatable bonds is 5. The van der Waals surface area contributed by atoms with E-state index < -0.39 is 0 Å². The molecule has 100 valence electrons. The van der Waals surface area contributed by atoms with E-state index in [9.17, 15) is 4.39 Å². The summed E-state index contributed by atoms with van der Waals surface area (Å²) in [6.45, 7) is 1.20. The molecule has 2 rings (SSSR count). The molecule has 4 heteroatoms. The van der Waals surface area contributed by atoms with Crippen LogP contribution < -0.4 is 5.32 Å². The first kappa shape index (κ1) is 14.5. The van der Waals surface area contributed by atoms with Crippen molar-refractivity contribution in [1.82, 2.24) is 5.32 Å². The molecule has 0 aromatic heterocycles. The van der Waals surface area contributed by atoms with Gasteiger partial charge in [0.2, 0.25) is 0 Å². The molecule has 0 heterocycles. The largest absolute Gasteiger partial charge is 0.309 e. The van der Waals surface area contributed by atoms with E-state index in [0.717, 1.165) is 15.6 Å². The molecule has 0 spiro atoms. The molecule has 2 aromatic rings. The second-order valence-electron chi connectivity index (χ2n) is 4.29. The molecule has 19 heavy (non-hydrogen) atoms. The van der Waals surface area contributed by atoms with Gasteiger partial charge in [0.05, 0.1) is 0 Å². The summed E-state index contributed by atoms with van der Waals surface area (Å²) >= 11 is 9.03. The van der Waals surface area contributed by atoms with E-state index in [1.165, 1.54) is 6.07 Å². The van der Waals surface area contributed by atoms with Gasteiger partial charge in [-0.15, -0.1) is 11.6 Å². The van der Waals surface area contributed by atoms with Crippen molar-refractivity contribution < 1.29 is 4.39 Å². The molecule has 0 amide bonds. The van der Waals surface area contributed by atoms with Gasteiger partial charge in [-0.05, 0) is 23.3 Å². The van der Waals surface area contributed by atoms with Crippen LogP contribution in [-0.2, 0) is 19.0 Å². The van der Waals surface area contributed by atoms with E-state index in [-0.39, 0.29) is 5.82 Å². The molecule has 0 aliphatic heterocycles. The summed E-state index contributed by atoms with van der Waals surface area (Å²) in [6, 6.07) is 13.2. The molecular weight excluding hydrogens is 329 g/mol. The van der Waals surface area contributed by atoms with Gasteiger partial charge in [-0.3, -0.25) is 0 Å². The fraction of sp³-hybridized carbons (Fsp3) is 0.200. The Morgan fingerprint density at radius 1 is 1.05 bits per heavy atom. The highest BCUT2D eigenvalue weighted by atomic mass is 79.9. The van der Waals surface area contributed by atoms with Crippen LogP contribution in [0.3, 0.4) is 0 Å². The Hall–Kier alpha value is -0.900. The standard InChI is InChI=1S/C15H14BrClFN/c16-14-5-4-13(15(18)7-14)10-19-9-12-3-1-2-11(6-12)8-17/h1-7,19H,8-10H2. The van der Waals surface area contributed by atoms with Crippen LogP contribution in [0.4, 0.5) is 4.39 Å². The van der Waals surface area contributed by atoms with Gasteiger partial charge in [0.1, 0.15) is 5.82 Å². The fourth-order valence-corrected chi connectivity index (χ4v) is 2.33. The molecule has 0 unspecified atom stereocenters. The van der Waals surface area contributed by atoms with Crippen molar-refractivity contribution in [3.63, 3.8) is 0 Å². The van der Waals surface area contributed by atoms with Crippen molar-refractivity contribution in [3.05, 3.63) is 69.4 Å². The third-order valence-electron chi connectivity index (χ3n) is 2.81. The number of halogens is 3. The van der Waals surface area contributed by atoms with Crippen molar-refractivity contribution in [2.45, 2.75) is 19.0 Å². The second kappa shape index (κ2) is 7.04. The first-order chi connectivity index (χ1) is 9.19. The van der Waals surface area contributed by atoms with E-state index in [2.05, 4.69) is 27.3 Å². The first-order valence-corrected chi connectivity index (χ1v) is 7.30. The Bertz CT molecular complexity index is 560. The topological polar surface area (TPSA) is 12.0 Å². The second-order valence-corrected chi connectivity index (χ2v) is 5.48. The Morgan fingerprint density at radius 2 is 1.84 bits per heavy atom. The van der Waals surface area contributed by atoms with Gasteiger partial charge < -0.3 is 5.32 Å². The van der Waals surface area contributed by atoms with Crippen LogP contribution in [0.2, 0.25) is 0 Å². The van der Waals surface area contributed by atoms with Crippen LogP contribution in [0.1, 0.15) is 16.7 Å². The van der Waals surface area contributed by atoms with Crippen LogP contribution >= 0.6 is 27.5 Å². The zero-order chi connectivity index (χ0) is 13.7. The maximum Gasteiger partial charge on any atom is 0.128 e. The summed E-state index contributed by atoms with van der Waals surface area (Å²) in [7, 11) is 0. The van der Waals surface area contributed by atoms with E-state index in [1.54, 1.807) is 6.07 Å². The molecule has 0 atom stereocenters. The van der Waals surface area contributed by atoms with Crippen molar-refractivity contribution >= 4 is 27.5 Å². The van der Waals surface area contributed by atoms with Crippen molar-refractivity contribution in [2.75, 3.05) is 0 Å². The third-order valence-corrected chi connectivity index (χ3v) is 3.61. The maximum atomic E-state index is 13.6. The minimum absolute atomic E-state index is 0.198. The summed E-state index contributed by atoms with van der Waals surface area (Å²) in [6.07, 6.45) is 0. The monoisotopic (exact) mass is 341 g/mol. The number of benzene rings is 2. The van der Waals surface area contributed by atoms with E-state index in [0.29, 0.717) is 24.5 Å². The van der Waals surface area contributed by atoms with Gasteiger partial charge in [0.15, 0.2) is 0 Å². The lowest BCUT2D eigenvalue weighted by atomic mass is 10.1. The fourth-order valence-electron chi connectivity index (χ4n) is 1.83. The van der Waals surface area contributed by atoms with E-state index in [4.69, 9.17) is 11.6 Å². The molecule has 0 saturated carbocycles. The number of hydrogen-bond donors (Lipinski definition) is 1. The highest BCUT2D eigenvalue weighted by Crippen LogP contribution is 2.15. The molecule has 0 fully saturated rings. The molecule has 0 saturated heterocycles. The van der Waals surface area contributed by atoms with Crippen LogP contribution in [0.15, 0.2) is 46.9 Å². The third kappa shape index (κ3) is 4.30. The summed E-state index contributed by atoms with van der Waals surface area (Å²) in [4.78, 5) is 0. The molecule has 0 bridgehead atoms. The van der Waals surface area contributed by atoms with E-state index >= 15 is 0 Å². The molecule has 0 aliphatic carbocycles. The molecule has 0 aliphatic rings. The number of hydrogen-bond acceptors (Lipinski definition) is 1. The SMILES string of the molecule is Fc1cc(Br)ccc1CNCc1cccc(CCl)c1. The Kier molecular flexibility index (Phi) is 5.37. The average Bonchev–Trinajstić information content (AvgIpc) is 2.41. The average molecular weight is 343 g/mol. The van der Waals surface area contributed by atoms with Gasteiger partial charge in [0, 0.05) is 29.0 Å². The lowest BCUT2D eigenvalue weighted by Gasteiger charge is -2.07. The van der Waals surface area contributed by atoms with Crippen LogP contribution in [0.5, 0.6) is 0 Å². The minimum Gasteiger partial charge on any atom is -0.309 e. The van der Waals surface area contributed by atoms with Gasteiger partial charge in [-0.1, -0.05) is 46.3 Å². The predicted octanol–water partition coefficient (Wildman–Crippen LogP) is 4.62. The molecule has 1 nitrogen and oxygen atoms in total. The zero-order valence-electron chi connectivity index (χ0n) is 10.3. The lowest BCUT2D eigenvalue weighted by molar-refractivity contribution is 0.587. The zero-order valence-corrected chi connectivity index (χ0v) is 12.6. The summed E-state index contributed by atoms with van der Waals surface area (Å²) in [5.74, 6) is 0.311. The molecule has 1 N–H and O–H groups in total. The van der Waals surface area contributed by atoms with Crippen LogP contribution in [-0.4, -0.2) is 0 Å². The van der Waals surface area contributed by atoms with E-state index in [1.807, 2.05) is 24.3 Å². The molecular formula is C15H14BrClFN. The Balaban J connectivity index is 1.92. The van der Waals surface area contributed by atoms with Gasteiger partial charge in [-0.25, -0.2) is 4.39 Å². The maximum absolute atomic E-state index is 13.6. The van der Waals surface area contributed by atoms with Gasteiger partial charge in [0.25, 0.3) is 0 Å². The normalized spacial score (nSPS) is 10.7. The number of alkyl halides is 1. The van der Waals surface area contributed by atoms with Crippen molar-refractivity contribution in [2.24, 2.45) is 0 Å². The van der Waals surface area contributed by atoms with Crippen LogP contribution in [0.25, 0.3) is 0 Å². The Labute approximate surface area is 125 Å². The molecule has 0 radical (unpaired) electrons. The van der Waals surface area contributed by atoms with Crippen LogP contribution in [0, 0.1) is 5.82 Å². The summed E-state index contributed by atoms with van der Waals surface area (Å²) in [5, 5.41) is 3.23. The summed E-state index contributed by atoms with van der Waals surface area (Å²) < 4.78 is 14.4. The number of nitrogens with one attached hydrogen (secondary N) is 1. The minimum atomic E-state index is -0.198. The van der Waals surface area contributed by atoms with Gasteiger partial charge in [-0.2, -0.15) is 0 Å². The highest BCUT2D eigenvalue weighted by Gasteiger charge is 2.02. The Morgan fingerprint density at radius 3 is 2.58 bits per heavy atom. The van der Waals surface area contributed by atoms with Crippen molar-refractivity contribution in [1.29, 1.82) is 0 Å². The highest BCUT2D eigenvalue weighted by molar-refractivity contribution is 9.10. The lowest BCUT2D eigenvalue weighted by Crippen LogP contribution is -2.13. The van der Waals surface area contributed by atoms with Crippen molar-refractivity contribution in [3.8, 4) is 0 Å². The predicted molar refractivity (Wildman–Crippen MR) is 80.6 cm³/mol. The first-order valence-electron chi connectivity index (χ1n) is 5.97. The van der Waals surface area contributed by atoms with Gasteiger partial charge >= 0.3 is 0 Å².